The summed E-state index contributed by atoms with van der Waals surface area (Å²) in [6.45, 7) is 5.95. The Kier molecular flexibility index (Phi) is 5.52. The molecule has 0 aromatic carbocycles. The maximum Gasteiger partial charge on any atom is 0.276 e. The van der Waals surface area contributed by atoms with Gasteiger partial charge in [0.05, 0.1) is 13.1 Å². The smallest absolute Gasteiger partial charge is 0.276 e. The SMILES string of the molecule is CC(C)[C@](C)(C#N)NC(=O)C[NH+](C)CC(=O)NC1CC1. The first-order chi connectivity index (χ1) is 9.26. The quantitative estimate of drug-likeness (QED) is 0.550. The number of quaternary nitrogens is 1. The van der Waals surface area contributed by atoms with Gasteiger partial charge in [-0.05, 0) is 25.7 Å². The van der Waals surface area contributed by atoms with E-state index in [1.165, 1.54) is 0 Å². The Morgan fingerprint density at radius 3 is 2.35 bits per heavy atom. The van der Waals surface area contributed by atoms with Crippen molar-refractivity contribution in [3.8, 4) is 6.07 Å². The number of carbonyl (C=O) groups excluding carboxylic acids is 2. The molecule has 1 unspecified atom stereocenters. The van der Waals surface area contributed by atoms with E-state index in [0.29, 0.717) is 6.04 Å². The summed E-state index contributed by atoms with van der Waals surface area (Å²) < 4.78 is 0. The first-order valence-electron chi connectivity index (χ1n) is 7.09. The van der Waals surface area contributed by atoms with Crippen LogP contribution in [0.25, 0.3) is 0 Å². The second-order valence-electron chi connectivity index (χ2n) is 6.17. The van der Waals surface area contributed by atoms with Crippen molar-refractivity contribution in [1.82, 2.24) is 10.6 Å². The summed E-state index contributed by atoms with van der Waals surface area (Å²) in [5.74, 6) is -0.209. The van der Waals surface area contributed by atoms with Gasteiger partial charge in [-0.2, -0.15) is 5.26 Å². The molecule has 2 amide bonds. The normalized spacial score (nSPS) is 18.8. The summed E-state index contributed by atoms with van der Waals surface area (Å²) >= 11 is 0. The van der Waals surface area contributed by atoms with Crippen LogP contribution in [0.5, 0.6) is 0 Å². The largest absolute Gasteiger partial charge is 0.348 e. The van der Waals surface area contributed by atoms with Crippen molar-refractivity contribution in [2.24, 2.45) is 5.92 Å². The molecule has 112 valence electrons. The van der Waals surface area contributed by atoms with E-state index in [2.05, 4.69) is 16.7 Å². The Morgan fingerprint density at radius 1 is 1.35 bits per heavy atom. The molecule has 1 rings (SSSR count). The first-order valence-corrected chi connectivity index (χ1v) is 7.09. The molecule has 1 fully saturated rings. The molecule has 1 saturated carbocycles. The van der Waals surface area contributed by atoms with Crippen LogP contribution in [0.1, 0.15) is 33.6 Å². The van der Waals surface area contributed by atoms with Crippen molar-refractivity contribution >= 4 is 11.8 Å². The average Bonchev–Trinajstić information content (AvgIpc) is 3.11. The van der Waals surface area contributed by atoms with Crippen molar-refractivity contribution in [3.05, 3.63) is 0 Å². The third-order valence-corrected chi connectivity index (χ3v) is 3.65. The van der Waals surface area contributed by atoms with Crippen LogP contribution in [-0.4, -0.2) is 43.5 Å². The first kappa shape index (κ1) is 16.4. The van der Waals surface area contributed by atoms with Gasteiger partial charge in [-0.15, -0.1) is 0 Å². The zero-order chi connectivity index (χ0) is 15.3. The summed E-state index contributed by atoms with van der Waals surface area (Å²) in [5.41, 5.74) is -0.867. The minimum absolute atomic E-state index is 0.0231. The highest BCUT2D eigenvalue weighted by molar-refractivity contribution is 5.79. The molecular weight excluding hydrogens is 256 g/mol. The average molecular weight is 281 g/mol. The minimum Gasteiger partial charge on any atom is -0.348 e. The fraction of sp³-hybridized carbons (Fsp3) is 0.786. The van der Waals surface area contributed by atoms with E-state index in [1.807, 2.05) is 13.8 Å². The molecule has 2 atom stereocenters. The maximum absolute atomic E-state index is 11.9. The number of hydrogen-bond donors (Lipinski definition) is 3. The van der Waals surface area contributed by atoms with Crippen molar-refractivity contribution in [2.45, 2.75) is 45.2 Å². The zero-order valence-corrected chi connectivity index (χ0v) is 12.7. The Hall–Kier alpha value is -1.61. The van der Waals surface area contributed by atoms with Crippen molar-refractivity contribution < 1.29 is 14.5 Å². The number of nitrogens with one attached hydrogen (secondary N) is 3. The highest BCUT2D eigenvalue weighted by Crippen LogP contribution is 2.18. The Bertz CT molecular complexity index is 412. The summed E-state index contributed by atoms with van der Waals surface area (Å²) in [6.07, 6.45) is 2.11. The Labute approximate surface area is 120 Å². The van der Waals surface area contributed by atoms with Crippen molar-refractivity contribution in [1.29, 1.82) is 5.26 Å². The van der Waals surface area contributed by atoms with Gasteiger partial charge < -0.3 is 15.5 Å². The molecule has 1 aliphatic rings. The molecule has 0 aromatic heterocycles. The van der Waals surface area contributed by atoms with Gasteiger partial charge in [-0.3, -0.25) is 9.59 Å². The lowest BCUT2D eigenvalue weighted by Gasteiger charge is -2.27. The Morgan fingerprint density at radius 2 is 1.90 bits per heavy atom. The lowest BCUT2D eigenvalue weighted by atomic mass is 9.90. The number of carbonyl (C=O) groups is 2. The summed E-state index contributed by atoms with van der Waals surface area (Å²) in [6, 6.07) is 2.48. The highest BCUT2D eigenvalue weighted by Gasteiger charge is 2.31. The van der Waals surface area contributed by atoms with E-state index < -0.39 is 5.54 Å². The van der Waals surface area contributed by atoms with E-state index in [4.69, 9.17) is 5.26 Å². The molecule has 0 heterocycles. The zero-order valence-electron chi connectivity index (χ0n) is 12.7. The third-order valence-electron chi connectivity index (χ3n) is 3.65. The van der Waals surface area contributed by atoms with E-state index >= 15 is 0 Å². The van der Waals surface area contributed by atoms with Crippen LogP contribution in [0.4, 0.5) is 0 Å². The number of amides is 2. The second-order valence-corrected chi connectivity index (χ2v) is 6.17. The minimum atomic E-state index is -0.867. The molecule has 6 nitrogen and oxygen atoms in total. The molecule has 6 heteroatoms. The van der Waals surface area contributed by atoms with Crippen molar-refractivity contribution in [3.63, 3.8) is 0 Å². The van der Waals surface area contributed by atoms with Gasteiger partial charge in [-0.1, -0.05) is 13.8 Å². The second kappa shape index (κ2) is 6.71. The number of rotatable bonds is 7. The summed E-state index contributed by atoms with van der Waals surface area (Å²) in [4.78, 5) is 24.4. The van der Waals surface area contributed by atoms with Gasteiger partial charge in [0.25, 0.3) is 11.8 Å². The third kappa shape index (κ3) is 5.17. The molecule has 0 bridgehead atoms. The molecule has 0 aliphatic heterocycles. The van der Waals surface area contributed by atoms with Crippen LogP contribution in [-0.2, 0) is 9.59 Å². The van der Waals surface area contributed by atoms with Crippen LogP contribution in [0.2, 0.25) is 0 Å². The van der Waals surface area contributed by atoms with Crippen LogP contribution >= 0.6 is 0 Å². The van der Waals surface area contributed by atoms with Crippen LogP contribution in [0, 0.1) is 17.2 Å². The molecular formula is C14H25N4O2+. The lowest BCUT2D eigenvalue weighted by molar-refractivity contribution is -0.862. The van der Waals surface area contributed by atoms with Crippen LogP contribution in [0.15, 0.2) is 0 Å². The summed E-state index contributed by atoms with van der Waals surface area (Å²) in [5, 5.41) is 14.8. The molecule has 20 heavy (non-hydrogen) atoms. The van der Waals surface area contributed by atoms with Gasteiger partial charge >= 0.3 is 0 Å². The number of nitrogens with zero attached hydrogens (tertiary/aromatic N) is 1. The van der Waals surface area contributed by atoms with E-state index in [-0.39, 0.29) is 30.8 Å². The number of nitriles is 1. The van der Waals surface area contributed by atoms with E-state index in [0.717, 1.165) is 17.7 Å². The highest BCUT2D eigenvalue weighted by atomic mass is 16.2. The lowest BCUT2D eigenvalue weighted by Crippen LogP contribution is -3.11. The number of hydrogen-bond acceptors (Lipinski definition) is 3. The van der Waals surface area contributed by atoms with E-state index in [9.17, 15) is 9.59 Å². The van der Waals surface area contributed by atoms with Gasteiger partial charge in [0.1, 0.15) is 5.54 Å². The predicted octanol–water partition coefficient (Wildman–Crippen LogP) is -1.17. The molecule has 0 radical (unpaired) electrons. The molecule has 0 spiro atoms. The van der Waals surface area contributed by atoms with Crippen molar-refractivity contribution in [2.75, 3.05) is 20.1 Å². The van der Waals surface area contributed by atoms with E-state index in [1.54, 1.807) is 14.0 Å². The van der Waals surface area contributed by atoms with Gasteiger partial charge in [0.2, 0.25) is 0 Å². The molecule has 0 saturated heterocycles. The molecule has 3 N–H and O–H groups in total. The topological polar surface area (TPSA) is 86.4 Å². The number of likely N-dealkylation sites (N-methyl/N-ethyl adjacent to an activating group) is 1. The molecule has 0 aromatic rings. The standard InChI is InChI=1S/C14H24N4O2/c1-10(2)14(3,9-15)17-13(20)8-18(4)7-12(19)16-11-5-6-11/h10-11H,5-8H2,1-4H3,(H,16,19)(H,17,20)/p+1/t14-/m0/s1. The van der Waals surface area contributed by atoms with Crippen LogP contribution in [0.3, 0.4) is 0 Å². The maximum atomic E-state index is 11.9. The molecule has 1 aliphatic carbocycles. The van der Waals surface area contributed by atoms with Crippen LogP contribution < -0.4 is 15.5 Å². The van der Waals surface area contributed by atoms with Gasteiger partial charge in [0, 0.05) is 6.04 Å². The Balaban J connectivity index is 2.37. The van der Waals surface area contributed by atoms with Gasteiger partial charge in [-0.25, -0.2) is 0 Å². The fourth-order valence-corrected chi connectivity index (χ4v) is 1.75. The predicted molar refractivity (Wildman–Crippen MR) is 74.8 cm³/mol. The fourth-order valence-electron chi connectivity index (χ4n) is 1.75. The summed E-state index contributed by atoms with van der Waals surface area (Å²) in [7, 11) is 1.80. The van der Waals surface area contributed by atoms with Gasteiger partial charge in [0.15, 0.2) is 13.1 Å². The monoisotopic (exact) mass is 281 g/mol.